The van der Waals surface area contributed by atoms with Crippen LogP contribution >= 0.6 is 12.2 Å². The molecule has 0 aliphatic rings. The summed E-state index contributed by atoms with van der Waals surface area (Å²) in [6.45, 7) is 5.89. The Balaban J connectivity index is 2.54. The minimum Gasteiger partial charge on any atom is -0.296 e. The quantitative estimate of drug-likeness (QED) is 0.403. The largest absolute Gasteiger partial charge is 0.296 e. The van der Waals surface area contributed by atoms with E-state index in [-0.39, 0.29) is 5.69 Å². The van der Waals surface area contributed by atoms with Gasteiger partial charge >= 0.3 is 0 Å². The van der Waals surface area contributed by atoms with E-state index in [1.165, 1.54) is 6.07 Å². The van der Waals surface area contributed by atoms with E-state index in [9.17, 15) is 10.1 Å². The number of nitro benzene ring substituents is 1. The number of aromatic amines is 1. The third kappa shape index (κ3) is 2.45. The minimum absolute atomic E-state index is 0.0909. The fourth-order valence-corrected chi connectivity index (χ4v) is 2.04. The summed E-state index contributed by atoms with van der Waals surface area (Å²) in [5.41, 5.74) is 1.45. The van der Waals surface area contributed by atoms with E-state index >= 15 is 0 Å². The van der Waals surface area contributed by atoms with Crippen LogP contribution in [-0.4, -0.2) is 19.7 Å². The lowest BCUT2D eigenvalue weighted by Crippen LogP contribution is -1.99. The first-order valence-corrected chi connectivity index (χ1v) is 5.97. The third-order valence-corrected chi connectivity index (χ3v) is 3.03. The lowest BCUT2D eigenvalue weighted by atomic mass is 10.1. The zero-order valence-corrected chi connectivity index (χ0v) is 11.1. The van der Waals surface area contributed by atoms with Crippen LogP contribution in [0.25, 0.3) is 11.4 Å². The van der Waals surface area contributed by atoms with Gasteiger partial charge in [-0.25, -0.2) is 0 Å². The van der Waals surface area contributed by atoms with Crippen LogP contribution in [0.3, 0.4) is 0 Å². The maximum absolute atomic E-state index is 10.8. The number of benzene rings is 1. The Morgan fingerprint density at radius 3 is 2.95 bits per heavy atom. The lowest BCUT2D eigenvalue weighted by molar-refractivity contribution is -0.385. The first-order valence-electron chi connectivity index (χ1n) is 5.56. The van der Waals surface area contributed by atoms with Gasteiger partial charge in [0.15, 0.2) is 10.6 Å². The van der Waals surface area contributed by atoms with Gasteiger partial charge < -0.3 is 0 Å². The summed E-state index contributed by atoms with van der Waals surface area (Å²) in [6, 6.07) is 4.86. The van der Waals surface area contributed by atoms with E-state index in [1.54, 1.807) is 29.7 Å². The highest BCUT2D eigenvalue weighted by Gasteiger charge is 2.14. The van der Waals surface area contributed by atoms with Gasteiger partial charge in [-0.3, -0.25) is 19.8 Å². The van der Waals surface area contributed by atoms with Gasteiger partial charge in [-0.2, -0.15) is 5.10 Å². The van der Waals surface area contributed by atoms with Crippen LogP contribution in [0, 0.1) is 21.8 Å². The van der Waals surface area contributed by atoms with Gasteiger partial charge in [-0.1, -0.05) is 6.08 Å². The van der Waals surface area contributed by atoms with Crippen LogP contribution in [0.4, 0.5) is 5.69 Å². The van der Waals surface area contributed by atoms with Crippen molar-refractivity contribution in [2.24, 2.45) is 0 Å². The first-order chi connectivity index (χ1) is 9.04. The van der Waals surface area contributed by atoms with Crippen molar-refractivity contribution in [2.75, 3.05) is 0 Å². The van der Waals surface area contributed by atoms with E-state index in [0.29, 0.717) is 22.7 Å². The number of hydrogen-bond donors (Lipinski definition) is 1. The molecule has 0 atom stereocenters. The van der Waals surface area contributed by atoms with Gasteiger partial charge in [-0.05, 0) is 31.3 Å². The number of H-pyrrole nitrogens is 1. The highest BCUT2D eigenvalue weighted by Crippen LogP contribution is 2.25. The van der Waals surface area contributed by atoms with Gasteiger partial charge in [-0.15, -0.1) is 6.58 Å². The van der Waals surface area contributed by atoms with Crippen molar-refractivity contribution in [3.63, 3.8) is 0 Å². The smallest absolute Gasteiger partial charge is 0.272 e. The second-order valence-electron chi connectivity index (χ2n) is 4.01. The molecule has 1 N–H and O–H groups in total. The molecular weight excluding hydrogens is 264 g/mol. The number of hydrogen-bond acceptors (Lipinski definition) is 4. The van der Waals surface area contributed by atoms with Gasteiger partial charge in [0.05, 0.1) is 4.92 Å². The molecule has 0 bridgehead atoms. The molecule has 2 aromatic rings. The van der Waals surface area contributed by atoms with Crippen molar-refractivity contribution < 1.29 is 4.92 Å². The Labute approximate surface area is 114 Å². The Bertz CT molecular complexity index is 702. The second-order valence-corrected chi connectivity index (χ2v) is 4.40. The molecule has 19 heavy (non-hydrogen) atoms. The highest BCUT2D eigenvalue weighted by molar-refractivity contribution is 7.71. The summed E-state index contributed by atoms with van der Waals surface area (Å²) in [6.07, 6.45) is 1.72. The van der Waals surface area contributed by atoms with Crippen molar-refractivity contribution >= 4 is 17.9 Å². The van der Waals surface area contributed by atoms with Crippen molar-refractivity contribution in [3.8, 4) is 11.4 Å². The SMILES string of the molecule is C=CCn1c(-c2ccc([N+](=O)[O-])c(C)c2)n[nH]c1=S. The van der Waals surface area contributed by atoms with E-state index < -0.39 is 4.92 Å². The Hall–Kier alpha value is -2.28. The number of nitrogens with zero attached hydrogens (tertiary/aromatic N) is 3. The average molecular weight is 276 g/mol. The van der Waals surface area contributed by atoms with Crippen molar-refractivity contribution in [3.05, 3.63) is 51.3 Å². The van der Waals surface area contributed by atoms with Crippen molar-refractivity contribution in [1.29, 1.82) is 0 Å². The summed E-state index contributed by atoms with van der Waals surface area (Å²) in [5.74, 6) is 0.642. The lowest BCUT2D eigenvalue weighted by Gasteiger charge is -2.05. The number of allylic oxidation sites excluding steroid dienone is 1. The van der Waals surface area contributed by atoms with E-state index in [0.717, 1.165) is 5.56 Å². The number of rotatable bonds is 4. The topological polar surface area (TPSA) is 76.8 Å². The fourth-order valence-electron chi connectivity index (χ4n) is 1.84. The standard InChI is InChI=1S/C12H12N4O2S/c1-3-6-15-11(13-14-12(15)19)9-4-5-10(16(17)18)8(2)7-9/h3-5,7H,1,6H2,2H3,(H,14,19). The molecule has 98 valence electrons. The summed E-state index contributed by atoms with van der Waals surface area (Å²) in [5, 5.41) is 17.7. The molecule has 1 aromatic heterocycles. The first kappa shape index (κ1) is 13.2. The molecule has 0 aliphatic heterocycles. The monoisotopic (exact) mass is 276 g/mol. The number of nitro groups is 1. The molecule has 7 heteroatoms. The van der Waals surface area contributed by atoms with Crippen molar-refractivity contribution in [1.82, 2.24) is 14.8 Å². The zero-order valence-electron chi connectivity index (χ0n) is 10.3. The van der Waals surface area contributed by atoms with Crippen LogP contribution < -0.4 is 0 Å². The Morgan fingerprint density at radius 1 is 1.63 bits per heavy atom. The number of aryl methyl sites for hydroxylation is 1. The summed E-state index contributed by atoms with van der Waals surface area (Å²) >= 11 is 5.13. The van der Waals surface area contributed by atoms with Crippen LogP contribution in [-0.2, 0) is 6.54 Å². The fraction of sp³-hybridized carbons (Fsp3) is 0.167. The summed E-state index contributed by atoms with van der Waals surface area (Å²) in [7, 11) is 0. The zero-order chi connectivity index (χ0) is 14.0. The number of aromatic nitrogens is 3. The van der Waals surface area contributed by atoms with Gasteiger partial charge in [0.2, 0.25) is 0 Å². The van der Waals surface area contributed by atoms with Crippen LogP contribution in [0.5, 0.6) is 0 Å². The normalized spacial score (nSPS) is 10.4. The Kier molecular flexibility index (Phi) is 3.57. The van der Waals surface area contributed by atoms with Crippen molar-refractivity contribution in [2.45, 2.75) is 13.5 Å². The predicted octanol–water partition coefficient (Wildman–Crippen LogP) is 3.01. The molecule has 0 radical (unpaired) electrons. The highest BCUT2D eigenvalue weighted by atomic mass is 32.1. The second kappa shape index (κ2) is 5.15. The average Bonchev–Trinajstić information content (AvgIpc) is 2.71. The molecule has 2 rings (SSSR count). The van der Waals surface area contributed by atoms with Gasteiger partial charge in [0.25, 0.3) is 5.69 Å². The van der Waals surface area contributed by atoms with E-state index in [1.807, 2.05) is 0 Å². The summed E-state index contributed by atoms with van der Waals surface area (Å²) < 4.78 is 2.27. The van der Waals surface area contributed by atoms with E-state index in [2.05, 4.69) is 16.8 Å². The molecular formula is C12H12N4O2S. The third-order valence-electron chi connectivity index (χ3n) is 2.72. The molecule has 0 saturated heterocycles. The molecule has 0 aliphatic carbocycles. The molecule has 0 saturated carbocycles. The Morgan fingerprint density at radius 2 is 2.37 bits per heavy atom. The van der Waals surface area contributed by atoms with Gasteiger partial charge in [0.1, 0.15) is 0 Å². The molecule has 1 heterocycles. The molecule has 1 aromatic carbocycles. The van der Waals surface area contributed by atoms with Gasteiger partial charge in [0, 0.05) is 23.7 Å². The van der Waals surface area contributed by atoms with Crippen LogP contribution in [0.1, 0.15) is 5.56 Å². The van der Waals surface area contributed by atoms with E-state index in [4.69, 9.17) is 12.2 Å². The molecule has 0 unspecified atom stereocenters. The maximum atomic E-state index is 10.8. The predicted molar refractivity (Wildman–Crippen MR) is 74.4 cm³/mol. The molecule has 0 amide bonds. The van der Waals surface area contributed by atoms with Crippen LogP contribution in [0.15, 0.2) is 30.9 Å². The molecule has 0 fully saturated rings. The maximum Gasteiger partial charge on any atom is 0.272 e. The molecule has 0 spiro atoms. The number of nitrogens with one attached hydrogen (secondary N) is 1. The van der Waals surface area contributed by atoms with Crippen LogP contribution in [0.2, 0.25) is 0 Å². The molecule has 6 nitrogen and oxygen atoms in total. The summed E-state index contributed by atoms with van der Waals surface area (Å²) in [4.78, 5) is 10.4. The minimum atomic E-state index is -0.403.